The van der Waals surface area contributed by atoms with Crippen molar-refractivity contribution in [3.8, 4) is 11.5 Å². The Bertz CT molecular complexity index is 1090. The van der Waals surface area contributed by atoms with Crippen LogP contribution in [-0.2, 0) is 6.61 Å². The van der Waals surface area contributed by atoms with Gasteiger partial charge in [0.25, 0.3) is 5.91 Å². The SMILES string of the molecule is CN(C)C(=O)c1cc2c([nH]c3ccccc32)c(-c2ccc(CO)o2)n1. The second-order valence-corrected chi connectivity index (χ2v) is 6.07. The molecule has 25 heavy (non-hydrogen) atoms. The first-order chi connectivity index (χ1) is 12.1. The molecule has 3 aromatic heterocycles. The zero-order chi connectivity index (χ0) is 17.6. The van der Waals surface area contributed by atoms with E-state index in [9.17, 15) is 9.90 Å². The average Bonchev–Trinajstić information content (AvgIpc) is 3.24. The van der Waals surface area contributed by atoms with Crippen LogP contribution in [0.25, 0.3) is 33.3 Å². The third-order valence-corrected chi connectivity index (χ3v) is 4.17. The highest BCUT2D eigenvalue weighted by Crippen LogP contribution is 2.33. The van der Waals surface area contributed by atoms with Crippen molar-refractivity contribution >= 4 is 27.7 Å². The molecule has 0 unspecified atom stereocenters. The molecule has 4 rings (SSSR count). The summed E-state index contributed by atoms with van der Waals surface area (Å²) in [4.78, 5) is 21.9. The molecular weight excluding hydrogens is 318 g/mol. The normalized spacial score (nSPS) is 11.3. The van der Waals surface area contributed by atoms with E-state index in [4.69, 9.17) is 4.42 Å². The quantitative estimate of drug-likeness (QED) is 0.602. The van der Waals surface area contributed by atoms with Crippen molar-refractivity contribution in [2.75, 3.05) is 14.1 Å². The molecule has 0 aliphatic heterocycles. The molecule has 6 heteroatoms. The smallest absolute Gasteiger partial charge is 0.271 e. The van der Waals surface area contributed by atoms with E-state index >= 15 is 0 Å². The van der Waals surface area contributed by atoms with Crippen molar-refractivity contribution in [1.82, 2.24) is 14.9 Å². The van der Waals surface area contributed by atoms with E-state index < -0.39 is 0 Å². The van der Waals surface area contributed by atoms with Gasteiger partial charge in [-0.25, -0.2) is 4.98 Å². The summed E-state index contributed by atoms with van der Waals surface area (Å²) in [5.41, 5.74) is 2.66. The molecule has 0 aliphatic rings. The van der Waals surface area contributed by atoms with Gasteiger partial charge in [0, 0.05) is 30.4 Å². The Morgan fingerprint density at radius 3 is 2.72 bits per heavy atom. The molecule has 0 fully saturated rings. The highest BCUT2D eigenvalue weighted by molar-refractivity contribution is 6.12. The summed E-state index contributed by atoms with van der Waals surface area (Å²) in [6.45, 7) is -0.188. The van der Waals surface area contributed by atoms with Gasteiger partial charge < -0.3 is 19.4 Å². The van der Waals surface area contributed by atoms with Gasteiger partial charge in [0.1, 0.15) is 23.8 Å². The lowest BCUT2D eigenvalue weighted by Gasteiger charge is -2.11. The number of hydrogen-bond acceptors (Lipinski definition) is 4. The van der Waals surface area contributed by atoms with Gasteiger partial charge in [-0.3, -0.25) is 4.79 Å². The maximum absolute atomic E-state index is 12.5. The number of pyridine rings is 1. The van der Waals surface area contributed by atoms with Gasteiger partial charge in [-0.05, 0) is 24.3 Å². The first kappa shape index (κ1) is 15.4. The van der Waals surface area contributed by atoms with Crippen LogP contribution in [0.1, 0.15) is 16.2 Å². The van der Waals surface area contributed by atoms with Crippen LogP contribution in [0.4, 0.5) is 0 Å². The number of carbonyl (C=O) groups is 1. The summed E-state index contributed by atoms with van der Waals surface area (Å²) in [7, 11) is 3.39. The maximum atomic E-state index is 12.5. The number of aliphatic hydroxyl groups is 1. The topological polar surface area (TPSA) is 82.4 Å². The number of benzene rings is 1. The summed E-state index contributed by atoms with van der Waals surface area (Å²) in [6, 6.07) is 13.1. The Hall–Kier alpha value is -3.12. The number of para-hydroxylation sites is 1. The van der Waals surface area contributed by atoms with E-state index in [1.54, 1.807) is 32.3 Å². The number of carbonyl (C=O) groups excluding carboxylic acids is 1. The summed E-state index contributed by atoms with van der Waals surface area (Å²) >= 11 is 0. The zero-order valence-corrected chi connectivity index (χ0v) is 13.9. The predicted molar refractivity (Wildman–Crippen MR) is 95.2 cm³/mol. The summed E-state index contributed by atoms with van der Waals surface area (Å²) in [5, 5.41) is 11.2. The fraction of sp³-hybridized carbons (Fsp3) is 0.158. The molecule has 0 aliphatic carbocycles. The third-order valence-electron chi connectivity index (χ3n) is 4.17. The molecule has 0 saturated heterocycles. The van der Waals surface area contributed by atoms with Gasteiger partial charge in [-0.1, -0.05) is 18.2 Å². The number of rotatable bonds is 3. The number of furan rings is 1. The van der Waals surface area contributed by atoms with Crippen LogP contribution in [0.2, 0.25) is 0 Å². The zero-order valence-electron chi connectivity index (χ0n) is 13.9. The fourth-order valence-corrected chi connectivity index (χ4v) is 2.95. The number of nitrogens with zero attached hydrogens (tertiary/aromatic N) is 2. The number of aromatic amines is 1. The fourth-order valence-electron chi connectivity index (χ4n) is 2.95. The van der Waals surface area contributed by atoms with Crippen molar-refractivity contribution < 1.29 is 14.3 Å². The van der Waals surface area contributed by atoms with Gasteiger partial charge in [0.2, 0.25) is 0 Å². The van der Waals surface area contributed by atoms with E-state index in [2.05, 4.69) is 9.97 Å². The van der Waals surface area contributed by atoms with Gasteiger partial charge in [0.05, 0.1) is 5.52 Å². The molecule has 0 saturated carbocycles. The summed E-state index contributed by atoms with van der Waals surface area (Å²) < 4.78 is 5.66. The molecule has 2 N–H and O–H groups in total. The number of fused-ring (bicyclic) bond motifs is 3. The van der Waals surface area contributed by atoms with Crippen molar-refractivity contribution in [3.63, 3.8) is 0 Å². The Morgan fingerprint density at radius 2 is 2.00 bits per heavy atom. The number of nitrogens with one attached hydrogen (secondary N) is 1. The number of aliphatic hydroxyl groups excluding tert-OH is 1. The van der Waals surface area contributed by atoms with E-state index in [1.807, 2.05) is 24.3 Å². The second-order valence-electron chi connectivity index (χ2n) is 6.07. The minimum absolute atomic E-state index is 0.178. The van der Waals surface area contributed by atoms with Gasteiger partial charge in [0.15, 0.2) is 5.76 Å². The number of aromatic nitrogens is 2. The number of hydrogen-bond donors (Lipinski definition) is 2. The molecule has 3 heterocycles. The molecule has 126 valence electrons. The van der Waals surface area contributed by atoms with Crippen LogP contribution in [0.5, 0.6) is 0 Å². The van der Waals surface area contributed by atoms with Crippen molar-refractivity contribution in [1.29, 1.82) is 0 Å². The minimum Gasteiger partial charge on any atom is -0.457 e. The highest BCUT2D eigenvalue weighted by atomic mass is 16.4. The predicted octanol–water partition coefficient (Wildman–Crippen LogP) is 3.17. The van der Waals surface area contributed by atoms with Crippen LogP contribution in [0.15, 0.2) is 46.9 Å². The van der Waals surface area contributed by atoms with Crippen molar-refractivity contribution in [2.45, 2.75) is 6.61 Å². The molecule has 1 amide bonds. The Morgan fingerprint density at radius 1 is 1.20 bits per heavy atom. The summed E-state index contributed by atoms with van der Waals surface area (Å²) in [5.74, 6) is 0.779. The minimum atomic E-state index is -0.188. The summed E-state index contributed by atoms with van der Waals surface area (Å²) in [6.07, 6.45) is 0. The first-order valence-electron chi connectivity index (χ1n) is 7.91. The Balaban J connectivity index is 2.06. The van der Waals surface area contributed by atoms with E-state index in [-0.39, 0.29) is 12.5 Å². The molecule has 4 aromatic rings. The molecule has 0 bridgehead atoms. The first-order valence-corrected chi connectivity index (χ1v) is 7.91. The lowest BCUT2D eigenvalue weighted by atomic mass is 10.1. The average molecular weight is 335 g/mol. The van der Waals surface area contributed by atoms with Gasteiger partial charge in [-0.15, -0.1) is 0 Å². The van der Waals surface area contributed by atoms with Crippen molar-refractivity contribution in [3.05, 3.63) is 53.9 Å². The molecule has 1 aromatic carbocycles. The van der Waals surface area contributed by atoms with Gasteiger partial charge >= 0.3 is 0 Å². The molecule has 0 spiro atoms. The largest absolute Gasteiger partial charge is 0.457 e. The van der Waals surface area contributed by atoms with Crippen LogP contribution in [-0.4, -0.2) is 40.0 Å². The van der Waals surface area contributed by atoms with Crippen molar-refractivity contribution in [2.24, 2.45) is 0 Å². The van der Waals surface area contributed by atoms with Crippen LogP contribution in [0.3, 0.4) is 0 Å². The maximum Gasteiger partial charge on any atom is 0.271 e. The monoisotopic (exact) mass is 335 g/mol. The molecule has 0 radical (unpaired) electrons. The molecular formula is C19H17N3O3. The Labute approximate surface area is 143 Å². The number of amides is 1. The third kappa shape index (κ3) is 2.47. The standard InChI is InChI=1S/C19H17N3O3/c1-22(2)19(24)15-9-13-12-5-3-4-6-14(12)20-17(13)18(21-15)16-8-7-11(10-23)25-16/h3-9,20,23H,10H2,1-2H3. The lowest BCUT2D eigenvalue weighted by molar-refractivity contribution is 0.0822. The van der Waals surface area contributed by atoms with E-state index in [1.165, 1.54) is 4.90 Å². The van der Waals surface area contributed by atoms with Crippen LogP contribution in [0, 0.1) is 0 Å². The Kier molecular flexibility index (Phi) is 3.54. The number of H-pyrrole nitrogens is 1. The highest BCUT2D eigenvalue weighted by Gasteiger charge is 2.19. The van der Waals surface area contributed by atoms with E-state index in [0.717, 1.165) is 21.8 Å². The van der Waals surface area contributed by atoms with Gasteiger partial charge in [-0.2, -0.15) is 0 Å². The molecule has 0 atom stereocenters. The van der Waals surface area contributed by atoms with E-state index in [0.29, 0.717) is 22.9 Å². The van der Waals surface area contributed by atoms with Crippen LogP contribution >= 0.6 is 0 Å². The second kappa shape index (κ2) is 5.75. The lowest BCUT2D eigenvalue weighted by Crippen LogP contribution is -2.22. The van der Waals surface area contributed by atoms with Crippen LogP contribution < -0.4 is 0 Å². The molecule has 6 nitrogen and oxygen atoms in total.